The van der Waals surface area contributed by atoms with Crippen LogP contribution in [0.1, 0.15) is 12.8 Å². The summed E-state index contributed by atoms with van der Waals surface area (Å²) >= 11 is 1.70. The van der Waals surface area contributed by atoms with E-state index in [9.17, 15) is 9.90 Å². The molecule has 0 spiro atoms. The highest BCUT2D eigenvalue weighted by Gasteiger charge is 2.33. The van der Waals surface area contributed by atoms with E-state index in [1.165, 1.54) is 0 Å². The van der Waals surface area contributed by atoms with E-state index in [4.69, 9.17) is 5.53 Å². The second-order valence-electron chi connectivity index (χ2n) is 4.15. The van der Waals surface area contributed by atoms with Gasteiger partial charge in [0, 0.05) is 24.4 Å². The lowest BCUT2D eigenvalue weighted by Gasteiger charge is -2.26. The number of nitrogens with zero attached hydrogens (tertiary/aromatic N) is 4. The highest BCUT2D eigenvalue weighted by Crippen LogP contribution is 2.22. The molecule has 0 aliphatic carbocycles. The molecule has 0 bridgehead atoms. The van der Waals surface area contributed by atoms with Crippen molar-refractivity contribution >= 4 is 17.7 Å². The zero-order valence-corrected chi connectivity index (χ0v) is 10.8. The van der Waals surface area contributed by atoms with Crippen LogP contribution in [-0.4, -0.2) is 53.7 Å². The highest BCUT2D eigenvalue weighted by atomic mass is 32.2. The first-order valence-electron chi connectivity index (χ1n) is 5.63. The Hall–Kier alpha value is -0.910. The maximum absolute atomic E-state index is 11.8. The van der Waals surface area contributed by atoms with E-state index in [1.54, 1.807) is 16.7 Å². The smallest absolute Gasteiger partial charge is 0.223 e. The lowest BCUT2D eigenvalue weighted by molar-refractivity contribution is -0.130. The SMILES string of the molecule is CSCC[C@@H](CO)N1CC(CN=[N+]=[N-])CC1=O. The van der Waals surface area contributed by atoms with Crippen molar-refractivity contribution in [3.8, 4) is 0 Å². The Kier molecular flexibility index (Phi) is 6.18. The molecule has 1 rings (SSSR count). The van der Waals surface area contributed by atoms with Gasteiger partial charge in [0.15, 0.2) is 0 Å². The van der Waals surface area contributed by atoms with Crippen LogP contribution in [0.2, 0.25) is 0 Å². The zero-order valence-electron chi connectivity index (χ0n) is 9.95. The van der Waals surface area contributed by atoms with Crippen molar-refractivity contribution in [1.29, 1.82) is 0 Å². The quantitative estimate of drug-likeness (QED) is 0.423. The van der Waals surface area contributed by atoms with Gasteiger partial charge in [-0.1, -0.05) is 5.11 Å². The number of amides is 1. The van der Waals surface area contributed by atoms with Crippen LogP contribution < -0.4 is 0 Å². The molecule has 1 aliphatic rings. The summed E-state index contributed by atoms with van der Waals surface area (Å²) in [7, 11) is 0. The molecule has 2 atom stereocenters. The summed E-state index contributed by atoms with van der Waals surface area (Å²) in [5, 5.41) is 12.8. The van der Waals surface area contributed by atoms with Gasteiger partial charge >= 0.3 is 0 Å². The van der Waals surface area contributed by atoms with Gasteiger partial charge < -0.3 is 10.0 Å². The Morgan fingerprint density at radius 1 is 1.76 bits per heavy atom. The summed E-state index contributed by atoms with van der Waals surface area (Å²) in [6, 6.07) is -0.0917. The average Bonchev–Trinajstić information content (AvgIpc) is 2.69. The van der Waals surface area contributed by atoms with Gasteiger partial charge in [-0.05, 0) is 29.9 Å². The molecule has 0 aromatic heterocycles. The molecule has 7 heteroatoms. The number of carbonyl (C=O) groups excluding carboxylic acids is 1. The molecular formula is C10H18N4O2S. The van der Waals surface area contributed by atoms with E-state index < -0.39 is 0 Å². The van der Waals surface area contributed by atoms with E-state index >= 15 is 0 Å². The standard InChI is InChI=1S/C10H18N4O2S/c1-17-3-2-9(7-15)14-6-8(4-10(14)16)5-12-13-11/h8-9,15H,2-7H2,1H3/t8?,9-/m0/s1. The molecule has 6 nitrogen and oxygen atoms in total. The van der Waals surface area contributed by atoms with Crippen molar-refractivity contribution in [2.24, 2.45) is 11.0 Å². The zero-order chi connectivity index (χ0) is 12.7. The number of azide groups is 1. The van der Waals surface area contributed by atoms with Gasteiger partial charge in [0.1, 0.15) is 0 Å². The van der Waals surface area contributed by atoms with Gasteiger partial charge in [-0.2, -0.15) is 11.8 Å². The molecule has 1 saturated heterocycles. The fraction of sp³-hybridized carbons (Fsp3) is 0.900. The third-order valence-corrected chi connectivity index (χ3v) is 3.59. The predicted octanol–water partition coefficient (Wildman–Crippen LogP) is 1.26. The number of hydrogen-bond acceptors (Lipinski definition) is 4. The number of aliphatic hydroxyl groups is 1. The fourth-order valence-corrected chi connectivity index (χ4v) is 2.54. The fourth-order valence-electron chi connectivity index (χ4n) is 2.04. The van der Waals surface area contributed by atoms with Gasteiger partial charge in [-0.25, -0.2) is 0 Å². The maximum Gasteiger partial charge on any atom is 0.223 e. The summed E-state index contributed by atoms with van der Waals surface area (Å²) in [4.78, 5) is 16.2. The van der Waals surface area contributed by atoms with Crippen molar-refractivity contribution in [3.63, 3.8) is 0 Å². The van der Waals surface area contributed by atoms with Crippen LogP contribution in [0.3, 0.4) is 0 Å². The topological polar surface area (TPSA) is 89.3 Å². The Balaban J connectivity index is 2.52. The number of carbonyl (C=O) groups is 1. The van der Waals surface area contributed by atoms with Crippen LogP contribution >= 0.6 is 11.8 Å². The number of aliphatic hydroxyl groups excluding tert-OH is 1. The van der Waals surface area contributed by atoms with Crippen molar-refractivity contribution < 1.29 is 9.90 Å². The van der Waals surface area contributed by atoms with Crippen LogP contribution in [0.4, 0.5) is 0 Å². The molecule has 1 fully saturated rings. The lowest BCUT2D eigenvalue weighted by Crippen LogP contribution is -2.39. The monoisotopic (exact) mass is 258 g/mol. The highest BCUT2D eigenvalue weighted by molar-refractivity contribution is 7.98. The Morgan fingerprint density at radius 2 is 2.53 bits per heavy atom. The van der Waals surface area contributed by atoms with Gasteiger partial charge in [0.05, 0.1) is 12.6 Å². The van der Waals surface area contributed by atoms with Gasteiger partial charge in [0.25, 0.3) is 0 Å². The molecule has 0 aromatic carbocycles. The van der Waals surface area contributed by atoms with Crippen LogP contribution in [0.25, 0.3) is 10.4 Å². The van der Waals surface area contributed by atoms with E-state index in [2.05, 4.69) is 10.0 Å². The summed E-state index contributed by atoms with van der Waals surface area (Å²) in [5.41, 5.74) is 8.25. The number of hydrogen-bond donors (Lipinski definition) is 1. The molecule has 0 aromatic rings. The van der Waals surface area contributed by atoms with Crippen molar-refractivity contribution in [2.75, 3.05) is 31.7 Å². The second-order valence-corrected chi connectivity index (χ2v) is 5.13. The van der Waals surface area contributed by atoms with E-state index in [0.717, 1.165) is 12.2 Å². The normalized spacial score (nSPS) is 21.4. The minimum absolute atomic E-state index is 0.000534. The van der Waals surface area contributed by atoms with Crippen molar-refractivity contribution in [1.82, 2.24) is 4.90 Å². The van der Waals surface area contributed by atoms with Gasteiger partial charge in [-0.3, -0.25) is 4.79 Å². The van der Waals surface area contributed by atoms with Gasteiger partial charge in [0.2, 0.25) is 5.91 Å². The molecule has 96 valence electrons. The average molecular weight is 258 g/mol. The van der Waals surface area contributed by atoms with E-state index in [-0.39, 0.29) is 24.5 Å². The Bertz CT molecular complexity index is 307. The van der Waals surface area contributed by atoms with Crippen molar-refractivity contribution in [3.05, 3.63) is 10.4 Å². The first-order chi connectivity index (χ1) is 8.22. The molecule has 1 amide bonds. The molecule has 0 radical (unpaired) electrons. The molecule has 1 aliphatic heterocycles. The second kappa shape index (κ2) is 7.42. The predicted molar refractivity (Wildman–Crippen MR) is 67.7 cm³/mol. The molecular weight excluding hydrogens is 240 g/mol. The van der Waals surface area contributed by atoms with Crippen LogP contribution in [0, 0.1) is 5.92 Å². The lowest BCUT2D eigenvalue weighted by atomic mass is 10.1. The van der Waals surface area contributed by atoms with Crippen LogP contribution in [0.15, 0.2) is 5.11 Å². The minimum atomic E-state index is -0.0917. The third-order valence-electron chi connectivity index (χ3n) is 2.95. The molecule has 1 heterocycles. The Morgan fingerprint density at radius 3 is 3.12 bits per heavy atom. The largest absolute Gasteiger partial charge is 0.394 e. The number of thioether (sulfide) groups is 1. The summed E-state index contributed by atoms with van der Waals surface area (Å²) in [6.07, 6.45) is 3.23. The van der Waals surface area contributed by atoms with Crippen molar-refractivity contribution in [2.45, 2.75) is 18.9 Å². The first kappa shape index (κ1) is 14.2. The van der Waals surface area contributed by atoms with Gasteiger partial charge in [-0.15, -0.1) is 0 Å². The number of rotatable bonds is 7. The van der Waals surface area contributed by atoms with E-state index in [0.29, 0.717) is 19.5 Å². The van der Waals surface area contributed by atoms with E-state index in [1.807, 2.05) is 6.26 Å². The molecule has 0 saturated carbocycles. The Labute approximate surface area is 105 Å². The molecule has 1 unspecified atom stereocenters. The molecule has 17 heavy (non-hydrogen) atoms. The molecule has 1 N–H and O–H groups in total. The summed E-state index contributed by atoms with van der Waals surface area (Å²) < 4.78 is 0. The number of likely N-dealkylation sites (tertiary alicyclic amines) is 1. The maximum atomic E-state index is 11.8. The summed E-state index contributed by atoms with van der Waals surface area (Å²) in [6.45, 7) is 0.956. The van der Waals surface area contributed by atoms with Crippen LogP contribution in [0.5, 0.6) is 0 Å². The third kappa shape index (κ3) is 4.11. The summed E-state index contributed by atoms with van der Waals surface area (Å²) in [5.74, 6) is 1.08. The first-order valence-corrected chi connectivity index (χ1v) is 7.02. The minimum Gasteiger partial charge on any atom is -0.394 e. The van der Waals surface area contributed by atoms with Crippen LogP contribution in [-0.2, 0) is 4.79 Å².